The van der Waals surface area contributed by atoms with E-state index in [0.29, 0.717) is 5.25 Å². The van der Waals surface area contributed by atoms with Crippen molar-refractivity contribution >= 4 is 23.6 Å². The van der Waals surface area contributed by atoms with Crippen molar-refractivity contribution in [1.29, 1.82) is 0 Å². The first-order chi connectivity index (χ1) is 9.69. The maximum atomic E-state index is 12.9. The summed E-state index contributed by atoms with van der Waals surface area (Å²) in [5, 5.41) is 0.508. The molecule has 3 aliphatic rings. The van der Waals surface area contributed by atoms with Gasteiger partial charge in [0, 0.05) is 17.8 Å². The topological polar surface area (TPSA) is 40.6 Å². The van der Waals surface area contributed by atoms with Crippen LogP contribution in [0, 0.1) is 0 Å². The van der Waals surface area contributed by atoms with Gasteiger partial charge in [-0.15, -0.1) is 0 Å². The smallest absolute Gasteiger partial charge is 0.246 e. The van der Waals surface area contributed by atoms with E-state index in [-0.39, 0.29) is 29.9 Å². The highest BCUT2D eigenvalue weighted by atomic mass is 32.2. The first-order valence-corrected chi connectivity index (χ1v) is 9.13. The number of carbonyl (C=O) groups is 2. The lowest BCUT2D eigenvalue weighted by Gasteiger charge is -2.46. The highest BCUT2D eigenvalue weighted by molar-refractivity contribution is 7.99. The van der Waals surface area contributed by atoms with Crippen LogP contribution in [0.2, 0.25) is 0 Å². The van der Waals surface area contributed by atoms with Crippen molar-refractivity contribution in [3.8, 4) is 0 Å². The Morgan fingerprint density at radius 3 is 2.65 bits per heavy atom. The van der Waals surface area contributed by atoms with Crippen LogP contribution in [-0.2, 0) is 9.59 Å². The third-order valence-corrected chi connectivity index (χ3v) is 6.32. The molecule has 5 heteroatoms. The van der Waals surface area contributed by atoms with Gasteiger partial charge in [-0.05, 0) is 38.4 Å². The maximum Gasteiger partial charge on any atom is 0.246 e. The third kappa shape index (κ3) is 2.05. The normalized spacial score (nSPS) is 37.7. The van der Waals surface area contributed by atoms with Crippen LogP contribution in [-0.4, -0.2) is 57.8 Å². The molecule has 0 bridgehead atoms. The molecule has 0 radical (unpaired) electrons. The molecule has 4 unspecified atom stereocenters. The fraction of sp³-hybridized carbons (Fsp3) is 0.867. The number of rotatable bonds is 3. The van der Waals surface area contributed by atoms with E-state index in [9.17, 15) is 9.59 Å². The summed E-state index contributed by atoms with van der Waals surface area (Å²) in [6.45, 7) is 2.80. The number of piperazine rings is 1. The average Bonchev–Trinajstić information content (AvgIpc) is 3.10. The van der Waals surface area contributed by atoms with E-state index in [2.05, 4.69) is 6.26 Å². The maximum absolute atomic E-state index is 12.9. The predicted octanol–water partition coefficient (Wildman–Crippen LogP) is 1.88. The van der Waals surface area contributed by atoms with Crippen LogP contribution in [0.1, 0.15) is 45.4 Å². The number of carbonyl (C=O) groups excluding carboxylic acids is 2. The zero-order valence-electron chi connectivity index (χ0n) is 12.4. The molecule has 0 aromatic heterocycles. The van der Waals surface area contributed by atoms with Crippen molar-refractivity contribution in [3.63, 3.8) is 0 Å². The number of amides is 2. The van der Waals surface area contributed by atoms with Crippen LogP contribution < -0.4 is 0 Å². The Morgan fingerprint density at radius 2 is 1.95 bits per heavy atom. The van der Waals surface area contributed by atoms with Crippen LogP contribution in [0.5, 0.6) is 0 Å². The number of fused-ring (bicyclic) bond motifs is 1. The lowest BCUT2D eigenvalue weighted by Crippen LogP contribution is -2.65. The summed E-state index contributed by atoms with van der Waals surface area (Å²) < 4.78 is 0. The highest BCUT2D eigenvalue weighted by Gasteiger charge is 2.50. The summed E-state index contributed by atoms with van der Waals surface area (Å²) in [4.78, 5) is 29.4. The third-order valence-electron chi connectivity index (χ3n) is 5.16. The molecule has 3 fully saturated rings. The molecule has 2 heterocycles. The van der Waals surface area contributed by atoms with Gasteiger partial charge in [-0.3, -0.25) is 9.59 Å². The molecule has 0 aromatic carbocycles. The summed E-state index contributed by atoms with van der Waals surface area (Å²) in [6.07, 6.45) is 8.12. The van der Waals surface area contributed by atoms with Gasteiger partial charge in [0.1, 0.15) is 12.1 Å². The van der Waals surface area contributed by atoms with Crippen molar-refractivity contribution in [2.75, 3.05) is 12.8 Å². The minimum atomic E-state index is -0.213. The fourth-order valence-electron chi connectivity index (χ4n) is 4.19. The minimum Gasteiger partial charge on any atom is -0.329 e. The van der Waals surface area contributed by atoms with Crippen molar-refractivity contribution in [1.82, 2.24) is 9.80 Å². The van der Waals surface area contributed by atoms with Crippen LogP contribution in [0.4, 0.5) is 0 Å². The van der Waals surface area contributed by atoms with Crippen molar-refractivity contribution in [2.45, 2.75) is 68.8 Å². The standard InChI is InChI=1S/C15H24N2O2S/c1-3-10-14(18)16-9-5-7-12(16)15(19)17(10)11-6-4-8-13(11)20-2/h10-13H,3-9H2,1-2H3. The van der Waals surface area contributed by atoms with Gasteiger partial charge < -0.3 is 9.80 Å². The lowest BCUT2D eigenvalue weighted by atomic mass is 9.99. The average molecular weight is 296 g/mol. The second kappa shape index (κ2) is 5.58. The lowest BCUT2D eigenvalue weighted by molar-refractivity contribution is -0.162. The van der Waals surface area contributed by atoms with E-state index >= 15 is 0 Å². The molecular weight excluding hydrogens is 272 g/mol. The van der Waals surface area contributed by atoms with E-state index in [1.807, 2.05) is 28.5 Å². The van der Waals surface area contributed by atoms with Crippen molar-refractivity contribution in [3.05, 3.63) is 0 Å². The first-order valence-electron chi connectivity index (χ1n) is 7.84. The predicted molar refractivity (Wildman–Crippen MR) is 80.6 cm³/mol. The Balaban J connectivity index is 1.90. The minimum absolute atomic E-state index is 0.159. The Hall–Kier alpha value is -0.710. The van der Waals surface area contributed by atoms with Gasteiger partial charge in [-0.1, -0.05) is 13.3 Å². The van der Waals surface area contributed by atoms with Gasteiger partial charge >= 0.3 is 0 Å². The van der Waals surface area contributed by atoms with Gasteiger partial charge in [0.2, 0.25) is 11.8 Å². The summed E-state index contributed by atoms with van der Waals surface area (Å²) in [5.74, 6) is 0.418. The van der Waals surface area contributed by atoms with E-state index in [1.54, 1.807) is 0 Å². The van der Waals surface area contributed by atoms with Gasteiger partial charge in [0.15, 0.2) is 0 Å². The molecule has 1 saturated carbocycles. The second-order valence-corrected chi connectivity index (χ2v) is 7.21. The Bertz CT molecular complexity index is 415. The van der Waals surface area contributed by atoms with Gasteiger partial charge in [-0.2, -0.15) is 11.8 Å². The molecule has 0 spiro atoms. The van der Waals surface area contributed by atoms with Crippen molar-refractivity contribution in [2.24, 2.45) is 0 Å². The number of hydrogen-bond acceptors (Lipinski definition) is 3. The summed E-state index contributed by atoms with van der Waals surface area (Å²) >= 11 is 1.86. The molecule has 2 aliphatic heterocycles. The van der Waals surface area contributed by atoms with Gasteiger partial charge in [0.05, 0.1) is 0 Å². The monoisotopic (exact) mass is 296 g/mol. The van der Waals surface area contributed by atoms with Crippen LogP contribution in [0.25, 0.3) is 0 Å². The van der Waals surface area contributed by atoms with E-state index in [1.165, 1.54) is 12.8 Å². The molecule has 2 saturated heterocycles. The SMILES string of the molecule is CCC1C(=O)N2CCCC2C(=O)N1C1CCCC1SC. The Labute approximate surface area is 125 Å². The van der Waals surface area contributed by atoms with Crippen LogP contribution in [0.15, 0.2) is 0 Å². The molecule has 3 rings (SSSR count). The van der Waals surface area contributed by atoms with E-state index in [4.69, 9.17) is 0 Å². The van der Waals surface area contributed by atoms with E-state index in [0.717, 1.165) is 32.2 Å². The number of thioether (sulfide) groups is 1. The largest absolute Gasteiger partial charge is 0.329 e. The van der Waals surface area contributed by atoms with Gasteiger partial charge in [-0.25, -0.2) is 0 Å². The number of hydrogen-bond donors (Lipinski definition) is 0. The first kappa shape index (κ1) is 14.2. The molecule has 2 amide bonds. The summed E-state index contributed by atoms with van der Waals surface area (Å²) in [6, 6.07) is -0.0999. The molecule has 4 atom stereocenters. The van der Waals surface area contributed by atoms with Crippen LogP contribution in [0.3, 0.4) is 0 Å². The van der Waals surface area contributed by atoms with Gasteiger partial charge in [0.25, 0.3) is 0 Å². The fourth-order valence-corrected chi connectivity index (χ4v) is 5.17. The highest BCUT2D eigenvalue weighted by Crippen LogP contribution is 2.37. The zero-order valence-corrected chi connectivity index (χ0v) is 13.2. The van der Waals surface area contributed by atoms with E-state index < -0.39 is 0 Å². The number of nitrogens with zero attached hydrogens (tertiary/aromatic N) is 2. The Kier molecular flexibility index (Phi) is 3.98. The quantitative estimate of drug-likeness (QED) is 0.798. The molecule has 112 valence electrons. The van der Waals surface area contributed by atoms with Crippen molar-refractivity contribution < 1.29 is 9.59 Å². The second-order valence-electron chi connectivity index (χ2n) is 6.13. The molecular formula is C15H24N2O2S. The molecule has 4 nitrogen and oxygen atoms in total. The molecule has 0 N–H and O–H groups in total. The van der Waals surface area contributed by atoms with Crippen LogP contribution >= 0.6 is 11.8 Å². The molecule has 1 aliphatic carbocycles. The molecule has 20 heavy (non-hydrogen) atoms. The Morgan fingerprint density at radius 1 is 1.15 bits per heavy atom. The molecule has 0 aromatic rings. The zero-order chi connectivity index (χ0) is 14.3. The summed E-state index contributed by atoms with van der Waals surface area (Å²) in [7, 11) is 0. The summed E-state index contributed by atoms with van der Waals surface area (Å²) in [5.41, 5.74) is 0.